The van der Waals surface area contributed by atoms with Gasteiger partial charge in [-0.05, 0) is 93.8 Å². The molecule has 0 aliphatic carbocycles. The van der Waals surface area contributed by atoms with E-state index in [0.717, 1.165) is 43.7 Å². The Hall–Kier alpha value is -1.80. The highest BCUT2D eigenvalue weighted by Gasteiger charge is 2.34. The summed E-state index contributed by atoms with van der Waals surface area (Å²) >= 11 is 6.00. The zero-order valence-electron chi connectivity index (χ0n) is 21.4. The van der Waals surface area contributed by atoms with Gasteiger partial charge in [-0.25, -0.2) is 13.1 Å². The van der Waals surface area contributed by atoms with Gasteiger partial charge in [0.1, 0.15) is 0 Å². The van der Waals surface area contributed by atoms with Crippen LogP contribution in [0.25, 0.3) is 0 Å². The molecule has 2 aromatic rings. The van der Waals surface area contributed by atoms with E-state index in [1.807, 2.05) is 24.3 Å². The zero-order valence-corrected chi connectivity index (χ0v) is 22.9. The zero-order chi connectivity index (χ0) is 25.6. The Balaban J connectivity index is 1.45. The van der Waals surface area contributed by atoms with E-state index >= 15 is 0 Å². The summed E-state index contributed by atoms with van der Waals surface area (Å²) in [7, 11) is -3.20. The Bertz CT molecular complexity index is 1070. The van der Waals surface area contributed by atoms with E-state index in [9.17, 15) is 13.5 Å². The van der Waals surface area contributed by atoms with Crippen molar-refractivity contribution in [3.8, 4) is 0 Å². The van der Waals surface area contributed by atoms with Gasteiger partial charge in [-0.3, -0.25) is 0 Å². The summed E-state index contributed by atoms with van der Waals surface area (Å²) in [6.07, 6.45) is 3.29. The third-order valence-corrected chi connectivity index (χ3v) is 9.03. The maximum atomic E-state index is 11.9. The molecule has 1 atom stereocenters. The van der Waals surface area contributed by atoms with Crippen molar-refractivity contribution < 1.29 is 13.5 Å². The molecule has 0 saturated carbocycles. The molecule has 1 aliphatic rings. The molecule has 8 heteroatoms. The number of piperidine rings is 1. The van der Waals surface area contributed by atoms with Crippen LogP contribution in [0.5, 0.6) is 0 Å². The summed E-state index contributed by atoms with van der Waals surface area (Å²) in [6, 6.07) is 14.0. The molecule has 1 fully saturated rings. The molecule has 6 nitrogen and oxygen atoms in total. The van der Waals surface area contributed by atoms with Crippen LogP contribution in [0.1, 0.15) is 57.6 Å². The number of nitrogens with one attached hydrogen (secondary N) is 2. The molecule has 0 aromatic heterocycles. The van der Waals surface area contributed by atoms with Crippen molar-refractivity contribution in [3.63, 3.8) is 0 Å². The van der Waals surface area contributed by atoms with Crippen molar-refractivity contribution >= 4 is 33.0 Å². The van der Waals surface area contributed by atoms with Gasteiger partial charge in [0.25, 0.3) is 0 Å². The first-order chi connectivity index (χ1) is 16.5. The minimum absolute atomic E-state index is 0.292. The van der Waals surface area contributed by atoms with Crippen LogP contribution in [0.2, 0.25) is 5.02 Å². The van der Waals surface area contributed by atoms with Crippen LogP contribution in [0.15, 0.2) is 42.5 Å². The van der Waals surface area contributed by atoms with Crippen LogP contribution in [-0.4, -0.2) is 45.0 Å². The third-order valence-electron chi connectivity index (χ3n) is 6.97. The number of sulfonamides is 1. The van der Waals surface area contributed by atoms with E-state index < -0.39 is 20.9 Å². The summed E-state index contributed by atoms with van der Waals surface area (Å²) in [5, 5.41) is 14.9. The van der Waals surface area contributed by atoms with Crippen molar-refractivity contribution in [2.75, 3.05) is 36.4 Å². The first kappa shape index (κ1) is 27.8. The number of rotatable bonds is 11. The van der Waals surface area contributed by atoms with Gasteiger partial charge in [0, 0.05) is 42.6 Å². The van der Waals surface area contributed by atoms with Crippen LogP contribution in [-0.2, 0) is 15.6 Å². The summed E-state index contributed by atoms with van der Waals surface area (Å²) in [5.41, 5.74) is 3.64. The molecule has 0 spiro atoms. The first-order valence-electron chi connectivity index (χ1n) is 12.6. The highest BCUT2D eigenvalue weighted by molar-refractivity contribution is 7.90. The highest BCUT2D eigenvalue weighted by Crippen LogP contribution is 2.36. The Morgan fingerprint density at radius 3 is 2.34 bits per heavy atom. The van der Waals surface area contributed by atoms with E-state index in [-0.39, 0.29) is 0 Å². The lowest BCUT2D eigenvalue weighted by Gasteiger charge is -2.40. The normalized spacial score (nSPS) is 16.9. The van der Waals surface area contributed by atoms with Crippen LogP contribution in [0.3, 0.4) is 0 Å². The average Bonchev–Trinajstić information content (AvgIpc) is 2.82. The lowest BCUT2D eigenvalue weighted by Crippen LogP contribution is -2.42. The van der Waals surface area contributed by atoms with Crippen molar-refractivity contribution in [1.82, 2.24) is 4.72 Å². The molecule has 1 heterocycles. The first-order valence-corrected chi connectivity index (χ1v) is 14.5. The second kappa shape index (κ2) is 12.0. The topological polar surface area (TPSA) is 81.7 Å². The molecule has 3 rings (SSSR count). The molecular formula is C27H40ClN3O3S. The SMILES string of the molecule is Cc1cc(NCCCC(C)CNS(=O)(=O)C(C)C)ccc1N1CCC(O)(c2ccc(Cl)cc2)CC1. The Morgan fingerprint density at radius 1 is 1.09 bits per heavy atom. The summed E-state index contributed by atoms with van der Waals surface area (Å²) in [4.78, 5) is 2.35. The standard InChI is InChI=1S/C27H40ClN3O3S/c1-20(2)35(33,34)30-19-21(3)6-5-15-29-25-11-12-26(22(4)18-25)31-16-13-27(32,14-17-31)23-7-9-24(28)10-8-23/h7-12,18,20-21,29-30,32H,5-6,13-17,19H2,1-4H3. The highest BCUT2D eigenvalue weighted by atomic mass is 35.5. The quantitative estimate of drug-likeness (QED) is 0.350. The fourth-order valence-electron chi connectivity index (χ4n) is 4.50. The molecule has 1 saturated heterocycles. The number of halogens is 1. The number of nitrogens with zero attached hydrogens (tertiary/aromatic N) is 1. The van der Waals surface area contributed by atoms with Crippen LogP contribution < -0.4 is 14.9 Å². The second-order valence-corrected chi connectivity index (χ2v) is 12.9. The Morgan fingerprint density at radius 2 is 1.74 bits per heavy atom. The fraction of sp³-hybridized carbons (Fsp3) is 0.556. The molecule has 3 N–H and O–H groups in total. The smallest absolute Gasteiger partial charge is 0.213 e. The Labute approximate surface area is 216 Å². The summed E-state index contributed by atoms with van der Waals surface area (Å²) in [6.45, 7) is 10.5. The van der Waals surface area contributed by atoms with Crippen molar-refractivity contribution in [3.05, 3.63) is 58.6 Å². The minimum atomic E-state index is -3.20. The average molecular weight is 522 g/mol. The largest absolute Gasteiger partial charge is 0.385 e. The molecule has 0 amide bonds. The molecule has 0 bridgehead atoms. The Kier molecular flexibility index (Phi) is 9.49. The molecular weight excluding hydrogens is 482 g/mol. The van der Waals surface area contributed by atoms with Crippen LogP contribution >= 0.6 is 11.6 Å². The van der Waals surface area contributed by atoms with Crippen LogP contribution in [0, 0.1) is 12.8 Å². The number of hydrogen-bond donors (Lipinski definition) is 3. The van der Waals surface area contributed by atoms with E-state index in [1.54, 1.807) is 13.8 Å². The van der Waals surface area contributed by atoms with Gasteiger partial charge in [-0.2, -0.15) is 0 Å². The predicted molar refractivity (Wildman–Crippen MR) is 147 cm³/mol. The molecule has 2 aromatic carbocycles. The van der Waals surface area contributed by atoms with Gasteiger partial charge in [0.05, 0.1) is 10.9 Å². The number of anilines is 2. The maximum Gasteiger partial charge on any atom is 0.213 e. The van der Waals surface area contributed by atoms with E-state index in [1.165, 1.54) is 11.3 Å². The van der Waals surface area contributed by atoms with Crippen LogP contribution in [0.4, 0.5) is 11.4 Å². The van der Waals surface area contributed by atoms with Gasteiger partial charge < -0.3 is 15.3 Å². The lowest BCUT2D eigenvalue weighted by atomic mass is 9.84. The fourth-order valence-corrected chi connectivity index (χ4v) is 5.47. The summed E-state index contributed by atoms with van der Waals surface area (Å²) < 4.78 is 26.5. The molecule has 194 valence electrons. The molecule has 1 aliphatic heterocycles. The number of hydrogen-bond acceptors (Lipinski definition) is 5. The van der Waals surface area contributed by atoms with E-state index in [2.05, 4.69) is 47.0 Å². The molecule has 0 radical (unpaired) electrons. The van der Waals surface area contributed by atoms with Gasteiger partial charge >= 0.3 is 0 Å². The molecule has 1 unspecified atom stereocenters. The van der Waals surface area contributed by atoms with E-state index in [4.69, 9.17) is 11.6 Å². The van der Waals surface area contributed by atoms with Crippen molar-refractivity contribution in [2.45, 2.75) is 64.2 Å². The van der Waals surface area contributed by atoms with Gasteiger partial charge in [-0.1, -0.05) is 30.7 Å². The van der Waals surface area contributed by atoms with E-state index in [0.29, 0.717) is 30.3 Å². The molecule has 35 heavy (non-hydrogen) atoms. The lowest BCUT2D eigenvalue weighted by molar-refractivity contribution is 0.0117. The van der Waals surface area contributed by atoms with Gasteiger partial charge in [0.15, 0.2) is 0 Å². The number of aliphatic hydroxyl groups is 1. The third kappa shape index (κ3) is 7.59. The maximum absolute atomic E-state index is 11.9. The van der Waals surface area contributed by atoms with Crippen molar-refractivity contribution in [1.29, 1.82) is 0 Å². The van der Waals surface area contributed by atoms with Gasteiger partial charge in [0.2, 0.25) is 10.0 Å². The van der Waals surface area contributed by atoms with Gasteiger partial charge in [-0.15, -0.1) is 0 Å². The number of benzene rings is 2. The predicted octanol–water partition coefficient (Wildman–Crippen LogP) is 5.29. The minimum Gasteiger partial charge on any atom is -0.385 e. The van der Waals surface area contributed by atoms with Crippen molar-refractivity contribution in [2.24, 2.45) is 5.92 Å². The monoisotopic (exact) mass is 521 g/mol. The number of aryl methyl sites for hydroxylation is 1. The second-order valence-electron chi connectivity index (χ2n) is 10.1. The summed E-state index contributed by atoms with van der Waals surface area (Å²) in [5.74, 6) is 0.292.